The SMILES string of the molecule is CC.O=C(Nc1cncc(-c2ccc3[nH]nc(-c4nc5c(-c6ccoc6)cncc5[nH]4)c3c2)c1)C1CCCCC1. The van der Waals surface area contributed by atoms with Gasteiger partial charge in [-0.1, -0.05) is 39.2 Å². The largest absolute Gasteiger partial charge is 0.472 e. The average Bonchev–Trinajstić information content (AvgIpc) is 3.78. The molecule has 5 aromatic heterocycles. The lowest BCUT2D eigenvalue weighted by molar-refractivity contribution is -0.120. The number of furan rings is 1. The quantitative estimate of drug-likeness (QED) is 0.212. The highest BCUT2D eigenvalue weighted by atomic mass is 16.3. The predicted octanol–water partition coefficient (Wildman–Crippen LogP) is 7.37. The van der Waals surface area contributed by atoms with Crippen molar-refractivity contribution in [3.8, 4) is 33.8 Å². The Bertz CT molecular complexity index is 1760. The number of imidazole rings is 1. The highest BCUT2D eigenvalue weighted by Crippen LogP contribution is 2.33. The number of aromatic amines is 2. The van der Waals surface area contributed by atoms with Gasteiger partial charge in [0.05, 0.1) is 41.6 Å². The van der Waals surface area contributed by atoms with E-state index in [0.717, 1.165) is 69.9 Å². The number of fused-ring (bicyclic) bond motifs is 2. The zero-order valence-electron chi connectivity index (χ0n) is 22.6. The number of hydrogen-bond donors (Lipinski definition) is 3. The molecule has 0 radical (unpaired) electrons. The molecule has 1 amide bonds. The van der Waals surface area contributed by atoms with Crippen LogP contribution in [0, 0.1) is 5.92 Å². The van der Waals surface area contributed by atoms with E-state index < -0.39 is 0 Å². The predicted molar refractivity (Wildman–Crippen MR) is 156 cm³/mol. The number of pyridine rings is 2. The molecule has 1 aliphatic carbocycles. The number of nitrogens with zero attached hydrogens (tertiary/aromatic N) is 4. The van der Waals surface area contributed by atoms with Gasteiger partial charge in [-0.15, -0.1) is 0 Å². The van der Waals surface area contributed by atoms with Crippen LogP contribution in [0.25, 0.3) is 55.7 Å². The first-order valence-corrected chi connectivity index (χ1v) is 13.8. The van der Waals surface area contributed by atoms with Crippen LogP contribution in [0.1, 0.15) is 46.0 Å². The molecule has 0 bridgehead atoms. The third kappa shape index (κ3) is 4.86. The molecule has 6 aromatic rings. The number of hydrogen-bond acceptors (Lipinski definition) is 6. The smallest absolute Gasteiger partial charge is 0.227 e. The minimum Gasteiger partial charge on any atom is -0.472 e. The highest BCUT2D eigenvalue weighted by molar-refractivity contribution is 5.98. The van der Waals surface area contributed by atoms with Crippen molar-refractivity contribution in [3.63, 3.8) is 0 Å². The van der Waals surface area contributed by atoms with Crippen LogP contribution in [0.15, 0.2) is 72.1 Å². The number of benzene rings is 1. The van der Waals surface area contributed by atoms with E-state index in [-0.39, 0.29) is 11.8 Å². The molecule has 202 valence electrons. The van der Waals surface area contributed by atoms with Gasteiger partial charge in [0.2, 0.25) is 5.91 Å². The fourth-order valence-corrected chi connectivity index (χ4v) is 5.32. The van der Waals surface area contributed by atoms with E-state index >= 15 is 0 Å². The number of carbonyl (C=O) groups is 1. The fraction of sp³-hybridized carbons (Fsp3) is 0.258. The average molecular weight is 534 g/mol. The molecule has 0 saturated heterocycles. The molecule has 7 rings (SSSR count). The van der Waals surface area contributed by atoms with Gasteiger partial charge >= 0.3 is 0 Å². The Hall–Kier alpha value is -4.79. The lowest BCUT2D eigenvalue weighted by Gasteiger charge is -2.20. The van der Waals surface area contributed by atoms with Crippen molar-refractivity contribution in [1.82, 2.24) is 30.1 Å². The van der Waals surface area contributed by atoms with Crippen LogP contribution >= 0.6 is 0 Å². The Morgan fingerprint density at radius 2 is 1.77 bits per heavy atom. The molecule has 0 unspecified atom stereocenters. The second kappa shape index (κ2) is 11.1. The van der Waals surface area contributed by atoms with Crippen LogP contribution in [0.3, 0.4) is 0 Å². The molecule has 0 atom stereocenters. The molecule has 0 aliphatic heterocycles. The van der Waals surface area contributed by atoms with E-state index in [0.29, 0.717) is 17.2 Å². The third-order valence-corrected chi connectivity index (χ3v) is 7.33. The zero-order chi connectivity index (χ0) is 27.5. The lowest BCUT2D eigenvalue weighted by atomic mass is 9.88. The summed E-state index contributed by atoms with van der Waals surface area (Å²) in [5.74, 6) is 0.823. The molecule has 1 fully saturated rings. The monoisotopic (exact) mass is 533 g/mol. The minimum atomic E-state index is 0.0882. The first-order valence-electron chi connectivity index (χ1n) is 13.8. The van der Waals surface area contributed by atoms with Crippen LogP contribution in [-0.4, -0.2) is 36.0 Å². The summed E-state index contributed by atoms with van der Waals surface area (Å²) in [6.07, 6.45) is 15.7. The van der Waals surface area contributed by atoms with Crippen LogP contribution in [0.5, 0.6) is 0 Å². The van der Waals surface area contributed by atoms with Crippen LogP contribution in [0.2, 0.25) is 0 Å². The van der Waals surface area contributed by atoms with E-state index in [1.807, 2.05) is 38.1 Å². The first kappa shape index (κ1) is 25.5. The standard InChI is InChI=1S/C29H25N7O2.C2H6/c37-29(17-4-2-1-3-5-17)32-21-10-20(12-30-13-21)18-6-7-24-22(11-18)27(36-35-24)28-33-25-15-31-14-23(26(25)34-28)19-8-9-38-16-19;1-2/h6-17H,1-5H2,(H,32,37)(H,33,34)(H,35,36);1-2H3. The van der Waals surface area contributed by atoms with E-state index in [2.05, 4.69) is 36.5 Å². The van der Waals surface area contributed by atoms with E-state index in [1.54, 1.807) is 37.3 Å². The highest BCUT2D eigenvalue weighted by Gasteiger charge is 2.21. The number of nitrogens with one attached hydrogen (secondary N) is 3. The van der Waals surface area contributed by atoms with E-state index in [9.17, 15) is 4.79 Å². The molecule has 3 N–H and O–H groups in total. The van der Waals surface area contributed by atoms with Crippen LogP contribution in [-0.2, 0) is 4.79 Å². The topological polar surface area (TPSA) is 125 Å². The third-order valence-electron chi connectivity index (χ3n) is 7.33. The molecule has 1 saturated carbocycles. The van der Waals surface area contributed by atoms with Crippen molar-refractivity contribution in [1.29, 1.82) is 0 Å². The molecule has 0 spiro atoms. The molecule has 5 heterocycles. The van der Waals surface area contributed by atoms with Crippen molar-refractivity contribution >= 4 is 33.5 Å². The molecule has 9 heteroatoms. The molecule has 9 nitrogen and oxygen atoms in total. The number of rotatable bonds is 5. The van der Waals surface area contributed by atoms with Gasteiger partial charge in [0.25, 0.3) is 0 Å². The van der Waals surface area contributed by atoms with Crippen LogP contribution in [0.4, 0.5) is 5.69 Å². The first-order chi connectivity index (χ1) is 19.7. The maximum absolute atomic E-state index is 12.8. The Morgan fingerprint density at radius 1 is 0.925 bits per heavy atom. The van der Waals surface area contributed by atoms with Crippen molar-refractivity contribution in [2.45, 2.75) is 46.0 Å². The number of anilines is 1. The van der Waals surface area contributed by atoms with Gasteiger partial charge < -0.3 is 14.7 Å². The number of amides is 1. The second-order valence-corrected chi connectivity index (χ2v) is 9.80. The van der Waals surface area contributed by atoms with Gasteiger partial charge in [0.1, 0.15) is 11.2 Å². The van der Waals surface area contributed by atoms with Crippen molar-refractivity contribution < 1.29 is 9.21 Å². The molecule has 40 heavy (non-hydrogen) atoms. The van der Waals surface area contributed by atoms with E-state index in [1.165, 1.54) is 6.42 Å². The van der Waals surface area contributed by atoms with Gasteiger partial charge in [-0.3, -0.25) is 19.9 Å². The van der Waals surface area contributed by atoms with E-state index in [4.69, 9.17) is 9.40 Å². The normalized spacial score (nSPS) is 13.8. The summed E-state index contributed by atoms with van der Waals surface area (Å²) in [7, 11) is 0. The Labute approximate surface area is 231 Å². The summed E-state index contributed by atoms with van der Waals surface area (Å²) in [4.78, 5) is 29.8. The van der Waals surface area contributed by atoms with Gasteiger partial charge in [-0.25, -0.2) is 4.98 Å². The number of aromatic nitrogens is 6. The van der Waals surface area contributed by atoms with Crippen LogP contribution < -0.4 is 5.32 Å². The Balaban J connectivity index is 0.00000142. The van der Waals surface area contributed by atoms with Gasteiger partial charge in [0.15, 0.2) is 5.82 Å². The lowest BCUT2D eigenvalue weighted by Crippen LogP contribution is -2.24. The summed E-state index contributed by atoms with van der Waals surface area (Å²) >= 11 is 0. The number of H-pyrrole nitrogens is 2. The molecular formula is C31H31N7O2. The van der Waals surface area contributed by atoms with Gasteiger partial charge in [-0.2, -0.15) is 5.10 Å². The second-order valence-electron chi connectivity index (χ2n) is 9.80. The van der Waals surface area contributed by atoms with Gasteiger partial charge in [0, 0.05) is 40.4 Å². The maximum atomic E-state index is 12.8. The summed E-state index contributed by atoms with van der Waals surface area (Å²) in [5, 5.41) is 11.7. The summed E-state index contributed by atoms with van der Waals surface area (Å²) < 4.78 is 5.26. The molecular weight excluding hydrogens is 502 g/mol. The van der Waals surface area contributed by atoms with Crippen molar-refractivity contribution in [2.75, 3.05) is 5.32 Å². The minimum absolute atomic E-state index is 0.0882. The Kier molecular flexibility index (Phi) is 7.09. The molecule has 1 aromatic carbocycles. The fourth-order valence-electron chi connectivity index (χ4n) is 5.32. The number of carbonyl (C=O) groups excluding carboxylic acids is 1. The Morgan fingerprint density at radius 3 is 2.60 bits per heavy atom. The van der Waals surface area contributed by atoms with Crippen molar-refractivity contribution in [3.05, 3.63) is 67.6 Å². The zero-order valence-corrected chi connectivity index (χ0v) is 22.6. The maximum Gasteiger partial charge on any atom is 0.227 e. The van der Waals surface area contributed by atoms with Gasteiger partial charge in [-0.05, 0) is 42.7 Å². The molecule has 1 aliphatic rings. The summed E-state index contributed by atoms with van der Waals surface area (Å²) in [6.45, 7) is 4.00. The van der Waals surface area contributed by atoms with Crippen molar-refractivity contribution in [2.24, 2.45) is 5.92 Å². The summed E-state index contributed by atoms with van der Waals surface area (Å²) in [6, 6.07) is 9.95. The summed E-state index contributed by atoms with van der Waals surface area (Å²) in [5.41, 5.74) is 7.62.